The van der Waals surface area contributed by atoms with E-state index >= 15 is 0 Å². The van der Waals surface area contributed by atoms with Crippen LogP contribution in [0.15, 0.2) is 53.0 Å². The third-order valence-corrected chi connectivity index (χ3v) is 4.08. The van der Waals surface area contributed by atoms with Gasteiger partial charge in [-0.25, -0.2) is 4.39 Å². The molecule has 0 aromatic heterocycles. The molecule has 0 bridgehead atoms. The molecule has 0 aliphatic heterocycles. The summed E-state index contributed by atoms with van der Waals surface area (Å²) < 4.78 is 13.8. The van der Waals surface area contributed by atoms with Gasteiger partial charge in [0.15, 0.2) is 0 Å². The van der Waals surface area contributed by atoms with E-state index < -0.39 is 0 Å². The fourth-order valence-electron chi connectivity index (χ4n) is 1.57. The van der Waals surface area contributed by atoms with E-state index in [2.05, 4.69) is 21.2 Å². The van der Waals surface area contributed by atoms with E-state index in [9.17, 15) is 9.18 Å². The van der Waals surface area contributed by atoms with Crippen LogP contribution in [0.2, 0.25) is 0 Å². The fraction of sp³-hybridized carbons (Fsp3) is 0.133. The molecule has 0 saturated carbocycles. The number of nitrogens with one attached hydrogen (secondary N) is 1. The monoisotopic (exact) mass is 353 g/mol. The van der Waals surface area contributed by atoms with E-state index in [1.54, 1.807) is 23.9 Å². The number of thioether (sulfide) groups is 1. The predicted octanol–water partition coefficient (Wildman–Crippen LogP) is 4.46. The Labute approximate surface area is 129 Å². The summed E-state index contributed by atoms with van der Waals surface area (Å²) in [5.41, 5.74) is 1.79. The predicted molar refractivity (Wildman–Crippen MR) is 85.3 cm³/mol. The second-order valence-corrected chi connectivity index (χ2v) is 6.08. The van der Waals surface area contributed by atoms with Gasteiger partial charge in [-0.1, -0.05) is 28.1 Å². The summed E-state index contributed by atoms with van der Waals surface area (Å²) in [6, 6.07) is 13.8. The van der Waals surface area contributed by atoms with Crippen LogP contribution in [0.4, 0.5) is 10.1 Å². The first-order valence-corrected chi connectivity index (χ1v) is 7.96. The highest BCUT2D eigenvalue weighted by atomic mass is 79.9. The van der Waals surface area contributed by atoms with Crippen molar-refractivity contribution in [1.29, 1.82) is 0 Å². The second kappa shape index (κ2) is 7.45. The average molecular weight is 354 g/mol. The number of amides is 1. The van der Waals surface area contributed by atoms with Crippen molar-refractivity contribution in [2.45, 2.75) is 5.75 Å². The van der Waals surface area contributed by atoms with Crippen molar-refractivity contribution >= 4 is 39.3 Å². The fourth-order valence-corrected chi connectivity index (χ4v) is 2.62. The number of carbonyl (C=O) groups excluding carboxylic acids is 1. The molecule has 0 atom stereocenters. The van der Waals surface area contributed by atoms with E-state index in [1.807, 2.05) is 24.3 Å². The third-order valence-electron chi connectivity index (χ3n) is 2.54. The molecule has 20 heavy (non-hydrogen) atoms. The molecule has 0 unspecified atom stereocenters. The van der Waals surface area contributed by atoms with Crippen LogP contribution in [-0.2, 0) is 10.5 Å². The van der Waals surface area contributed by atoms with Crippen molar-refractivity contribution < 1.29 is 9.18 Å². The Balaban J connectivity index is 1.75. The van der Waals surface area contributed by atoms with Gasteiger partial charge in [0, 0.05) is 15.9 Å². The van der Waals surface area contributed by atoms with Crippen molar-refractivity contribution in [3.63, 3.8) is 0 Å². The second-order valence-electron chi connectivity index (χ2n) is 4.17. The Morgan fingerprint density at radius 2 is 1.75 bits per heavy atom. The Morgan fingerprint density at radius 3 is 2.40 bits per heavy atom. The molecule has 0 saturated heterocycles. The highest BCUT2D eigenvalue weighted by molar-refractivity contribution is 9.10. The van der Waals surface area contributed by atoms with Crippen LogP contribution in [0.3, 0.4) is 0 Å². The lowest BCUT2D eigenvalue weighted by Gasteiger charge is -2.05. The number of hydrogen-bond acceptors (Lipinski definition) is 2. The molecule has 0 spiro atoms. The van der Waals surface area contributed by atoms with Gasteiger partial charge in [0.1, 0.15) is 5.82 Å². The van der Waals surface area contributed by atoms with E-state index in [-0.39, 0.29) is 11.7 Å². The number of halogens is 2. The number of anilines is 1. The van der Waals surface area contributed by atoms with Crippen molar-refractivity contribution in [1.82, 2.24) is 0 Å². The zero-order valence-electron chi connectivity index (χ0n) is 10.6. The molecule has 2 nitrogen and oxygen atoms in total. The molecule has 104 valence electrons. The largest absolute Gasteiger partial charge is 0.325 e. The lowest BCUT2D eigenvalue weighted by Crippen LogP contribution is -2.14. The van der Waals surface area contributed by atoms with Crippen LogP contribution in [0.1, 0.15) is 5.56 Å². The summed E-state index contributed by atoms with van der Waals surface area (Å²) in [5.74, 6) is 0.753. The van der Waals surface area contributed by atoms with Crippen LogP contribution in [0.5, 0.6) is 0 Å². The van der Waals surface area contributed by atoms with E-state index in [1.165, 1.54) is 17.7 Å². The summed E-state index contributed by atoms with van der Waals surface area (Å²) in [6.07, 6.45) is 0. The van der Waals surface area contributed by atoms with Crippen molar-refractivity contribution in [3.8, 4) is 0 Å². The highest BCUT2D eigenvalue weighted by Crippen LogP contribution is 2.16. The molecule has 1 amide bonds. The Bertz CT molecular complexity index is 571. The number of carbonyl (C=O) groups is 1. The van der Waals surface area contributed by atoms with Crippen molar-refractivity contribution in [2.75, 3.05) is 11.1 Å². The highest BCUT2D eigenvalue weighted by Gasteiger charge is 2.03. The molecule has 1 N–H and O–H groups in total. The molecule has 2 rings (SSSR count). The molecule has 2 aromatic rings. The van der Waals surface area contributed by atoms with Gasteiger partial charge < -0.3 is 5.32 Å². The molecule has 0 aliphatic carbocycles. The number of benzene rings is 2. The number of rotatable bonds is 5. The topological polar surface area (TPSA) is 29.1 Å². The maximum absolute atomic E-state index is 12.7. The van der Waals surface area contributed by atoms with E-state index in [0.717, 1.165) is 10.2 Å². The molecule has 0 aliphatic rings. The van der Waals surface area contributed by atoms with E-state index in [4.69, 9.17) is 0 Å². The zero-order valence-corrected chi connectivity index (χ0v) is 13.0. The lowest BCUT2D eigenvalue weighted by molar-refractivity contribution is -0.113. The zero-order chi connectivity index (χ0) is 14.4. The van der Waals surface area contributed by atoms with Gasteiger partial charge in [0.25, 0.3) is 0 Å². The lowest BCUT2D eigenvalue weighted by atomic mass is 10.2. The van der Waals surface area contributed by atoms with Crippen LogP contribution < -0.4 is 5.32 Å². The van der Waals surface area contributed by atoms with Gasteiger partial charge in [0.2, 0.25) is 5.91 Å². The third kappa shape index (κ3) is 4.98. The molecule has 0 heterocycles. The van der Waals surface area contributed by atoms with Crippen LogP contribution in [0.25, 0.3) is 0 Å². The summed E-state index contributed by atoms with van der Waals surface area (Å²) in [6.45, 7) is 0. The summed E-state index contributed by atoms with van der Waals surface area (Å²) in [5, 5.41) is 2.73. The van der Waals surface area contributed by atoms with Gasteiger partial charge >= 0.3 is 0 Å². The average Bonchev–Trinajstić information content (AvgIpc) is 2.44. The maximum Gasteiger partial charge on any atom is 0.234 e. The van der Waals surface area contributed by atoms with Crippen LogP contribution in [-0.4, -0.2) is 11.7 Å². The normalized spacial score (nSPS) is 10.3. The van der Waals surface area contributed by atoms with Crippen LogP contribution >= 0.6 is 27.7 Å². The maximum atomic E-state index is 12.7. The Kier molecular flexibility index (Phi) is 5.61. The van der Waals surface area contributed by atoms with Gasteiger partial charge in [-0.15, -0.1) is 11.8 Å². The van der Waals surface area contributed by atoms with Gasteiger partial charge in [0.05, 0.1) is 5.75 Å². The summed E-state index contributed by atoms with van der Waals surface area (Å²) >= 11 is 4.92. The van der Waals surface area contributed by atoms with Gasteiger partial charge in [-0.05, 0) is 42.0 Å². The summed E-state index contributed by atoms with van der Waals surface area (Å²) in [4.78, 5) is 11.7. The minimum absolute atomic E-state index is 0.0845. The Hall–Kier alpha value is -1.33. The minimum Gasteiger partial charge on any atom is -0.325 e. The minimum atomic E-state index is -0.312. The quantitative estimate of drug-likeness (QED) is 0.859. The molecular formula is C15H13BrFNOS. The van der Waals surface area contributed by atoms with Gasteiger partial charge in [-0.3, -0.25) is 4.79 Å². The molecule has 2 aromatic carbocycles. The van der Waals surface area contributed by atoms with Crippen LogP contribution in [0, 0.1) is 5.82 Å². The first kappa shape index (κ1) is 15.1. The van der Waals surface area contributed by atoms with Gasteiger partial charge in [-0.2, -0.15) is 0 Å². The molecule has 5 heteroatoms. The summed E-state index contributed by atoms with van der Waals surface area (Å²) in [7, 11) is 0. The molecule has 0 fully saturated rings. The molecule has 0 radical (unpaired) electrons. The first-order chi connectivity index (χ1) is 9.63. The van der Waals surface area contributed by atoms with Crippen molar-refractivity contribution in [2.24, 2.45) is 0 Å². The standard InChI is InChI=1S/C15H13BrFNOS/c16-12-3-1-11(2-4-12)9-20-10-15(19)18-14-7-5-13(17)6-8-14/h1-8H,9-10H2,(H,18,19). The smallest absolute Gasteiger partial charge is 0.234 e. The van der Waals surface area contributed by atoms with E-state index in [0.29, 0.717) is 11.4 Å². The number of hydrogen-bond donors (Lipinski definition) is 1. The Morgan fingerprint density at radius 1 is 1.10 bits per heavy atom. The molecular weight excluding hydrogens is 341 g/mol. The van der Waals surface area contributed by atoms with Crippen molar-refractivity contribution in [3.05, 3.63) is 64.4 Å². The SMILES string of the molecule is O=C(CSCc1ccc(Br)cc1)Nc1ccc(F)cc1. The first-order valence-electron chi connectivity index (χ1n) is 6.01.